The zero-order valence-corrected chi connectivity index (χ0v) is 22.7. The summed E-state index contributed by atoms with van der Waals surface area (Å²) in [7, 11) is 1.60. The Bertz CT molecular complexity index is 1150. The molecule has 194 valence electrons. The summed E-state index contributed by atoms with van der Waals surface area (Å²) in [5.41, 5.74) is 1.94. The summed E-state index contributed by atoms with van der Waals surface area (Å²) >= 11 is 3.47. The van der Waals surface area contributed by atoms with Crippen LogP contribution in [-0.4, -0.2) is 42.5 Å². The number of halogens is 1. The Balaban J connectivity index is 1.58. The van der Waals surface area contributed by atoms with E-state index in [9.17, 15) is 9.59 Å². The number of methoxy groups -OCH3 is 1. The molecule has 0 bridgehead atoms. The number of hydrogen-bond donors (Lipinski definition) is 1. The van der Waals surface area contributed by atoms with E-state index < -0.39 is 6.04 Å². The zero-order chi connectivity index (χ0) is 26.0. The summed E-state index contributed by atoms with van der Waals surface area (Å²) in [6.07, 6.45) is 4.61. The lowest BCUT2D eigenvalue weighted by Gasteiger charge is -2.32. The van der Waals surface area contributed by atoms with Gasteiger partial charge < -0.3 is 19.7 Å². The smallest absolute Gasteiger partial charge is 0.261 e. The van der Waals surface area contributed by atoms with Gasteiger partial charge >= 0.3 is 0 Å². The van der Waals surface area contributed by atoms with Gasteiger partial charge in [0.25, 0.3) is 5.91 Å². The Morgan fingerprint density at radius 3 is 2.22 bits per heavy atom. The normalized spacial score (nSPS) is 14.1. The Morgan fingerprint density at radius 1 is 0.919 bits per heavy atom. The van der Waals surface area contributed by atoms with Gasteiger partial charge in [0.15, 0.2) is 6.61 Å². The number of nitrogens with zero attached hydrogens (tertiary/aromatic N) is 1. The van der Waals surface area contributed by atoms with Crippen molar-refractivity contribution in [3.63, 3.8) is 0 Å². The predicted molar refractivity (Wildman–Crippen MR) is 148 cm³/mol. The lowest BCUT2D eigenvalue weighted by molar-refractivity contribution is -0.143. The Kier molecular flexibility index (Phi) is 9.60. The van der Waals surface area contributed by atoms with Crippen molar-refractivity contribution in [2.45, 2.75) is 50.7 Å². The number of amides is 2. The quantitative estimate of drug-likeness (QED) is 0.332. The van der Waals surface area contributed by atoms with Crippen LogP contribution in [0, 0.1) is 0 Å². The zero-order valence-electron chi connectivity index (χ0n) is 21.1. The third-order valence-electron chi connectivity index (χ3n) is 6.66. The first-order chi connectivity index (χ1) is 18.0. The molecule has 0 aliphatic heterocycles. The first-order valence-corrected chi connectivity index (χ1v) is 13.5. The maximum absolute atomic E-state index is 13.7. The van der Waals surface area contributed by atoms with E-state index in [4.69, 9.17) is 9.47 Å². The fraction of sp³-hybridized carbons (Fsp3) is 0.333. The van der Waals surface area contributed by atoms with Crippen molar-refractivity contribution in [3.05, 3.63) is 94.5 Å². The molecule has 1 N–H and O–H groups in total. The van der Waals surface area contributed by atoms with Crippen molar-refractivity contribution in [1.82, 2.24) is 10.2 Å². The van der Waals surface area contributed by atoms with Gasteiger partial charge in [0, 0.05) is 23.5 Å². The first-order valence-electron chi connectivity index (χ1n) is 12.7. The fourth-order valence-electron chi connectivity index (χ4n) is 4.61. The molecule has 1 unspecified atom stereocenters. The molecule has 0 radical (unpaired) electrons. The van der Waals surface area contributed by atoms with Gasteiger partial charge in [-0.1, -0.05) is 71.2 Å². The van der Waals surface area contributed by atoms with Crippen LogP contribution in [0.1, 0.15) is 36.8 Å². The number of ether oxygens (including phenoxy) is 2. The third-order valence-corrected chi connectivity index (χ3v) is 7.19. The molecule has 0 heterocycles. The number of benzene rings is 3. The molecule has 37 heavy (non-hydrogen) atoms. The highest BCUT2D eigenvalue weighted by Crippen LogP contribution is 2.21. The number of rotatable bonds is 11. The molecule has 3 aromatic rings. The second kappa shape index (κ2) is 13.3. The van der Waals surface area contributed by atoms with Gasteiger partial charge in [-0.25, -0.2) is 0 Å². The van der Waals surface area contributed by atoms with Crippen LogP contribution < -0.4 is 14.8 Å². The van der Waals surface area contributed by atoms with Gasteiger partial charge in [0.05, 0.1) is 7.11 Å². The largest absolute Gasteiger partial charge is 0.497 e. The average molecular weight is 566 g/mol. The summed E-state index contributed by atoms with van der Waals surface area (Å²) in [6, 6.07) is 24.2. The van der Waals surface area contributed by atoms with Gasteiger partial charge in [0.1, 0.15) is 17.5 Å². The van der Waals surface area contributed by atoms with Gasteiger partial charge in [-0.15, -0.1) is 0 Å². The van der Waals surface area contributed by atoms with Gasteiger partial charge in [-0.05, 0) is 60.4 Å². The lowest BCUT2D eigenvalue weighted by atomic mass is 10.0. The molecule has 1 atom stereocenters. The molecule has 4 rings (SSSR count). The van der Waals surface area contributed by atoms with Crippen molar-refractivity contribution in [2.24, 2.45) is 0 Å². The predicted octanol–water partition coefficient (Wildman–Crippen LogP) is 5.54. The maximum Gasteiger partial charge on any atom is 0.261 e. The minimum Gasteiger partial charge on any atom is -0.497 e. The van der Waals surface area contributed by atoms with Crippen LogP contribution in [0.3, 0.4) is 0 Å². The molecule has 0 spiro atoms. The van der Waals surface area contributed by atoms with E-state index in [-0.39, 0.29) is 24.5 Å². The van der Waals surface area contributed by atoms with E-state index in [1.165, 1.54) is 0 Å². The molecule has 1 aliphatic carbocycles. The van der Waals surface area contributed by atoms with Crippen molar-refractivity contribution in [1.29, 1.82) is 0 Å². The summed E-state index contributed by atoms with van der Waals surface area (Å²) < 4.78 is 12.0. The summed E-state index contributed by atoms with van der Waals surface area (Å²) in [4.78, 5) is 29.0. The maximum atomic E-state index is 13.7. The molecular formula is C30H33BrN2O4. The molecule has 2 amide bonds. The Labute approximate surface area is 227 Å². The van der Waals surface area contributed by atoms with Crippen LogP contribution in [0.15, 0.2) is 83.3 Å². The van der Waals surface area contributed by atoms with E-state index in [2.05, 4.69) is 21.2 Å². The molecule has 7 heteroatoms. The van der Waals surface area contributed by atoms with Crippen molar-refractivity contribution >= 4 is 27.7 Å². The molecule has 3 aromatic carbocycles. The molecule has 0 aromatic heterocycles. The summed E-state index contributed by atoms with van der Waals surface area (Å²) in [6.45, 7) is 0.124. The number of hydrogen-bond acceptors (Lipinski definition) is 4. The molecule has 0 saturated heterocycles. The van der Waals surface area contributed by atoms with Crippen LogP contribution in [0.2, 0.25) is 0 Å². The molecule has 1 saturated carbocycles. The first kappa shape index (κ1) is 26.7. The highest BCUT2D eigenvalue weighted by atomic mass is 79.9. The van der Waals surface area contributed by atoms with E-state index in [0.717, 1.165) is 41.3 Å². The summed E-state index contributed by atoms with van der Waals surface area (Å²) in [5.74, 6) is 0.904. The third kappa shape index (κ3) is 7.83. The fourth-order valence-corrected chi connectivity index (χ4v) is 4.87. The van der Waals surface area contributed by atoms with Crippen LogP contribution >= 0.6 is 15.9 Å². The lowest BCUT2D eigenvalue weighted by Crippen LogP contribution is -2.53. The van der Waals surface area contributed by atoms with Gasteiger partial charge in [-0.2, -0.15) is 0 Å². The van der Waals surface area contributed by atoms with Gasteiger partial charge in [-0.3, -0.25) is 9.59 Å². The standard InChI is InChI=1S/C30H33BrN2O4/c1-36-26-15-17-27(18-16-26)37-21-29(34)33(20-23-11-13-24(31)14-12-23)28(19-22-7-3-2-4-8-22)30(35)32-25-9-5-6-10-25/h2-4,7-8,11-18,25,28H,5-6,9-10,19-21H2,1H3,(H,32,35). The van der Waals surface area contributed by atoms with Crippen LogP contribution in [0.25, 0.3) is 0 Å². The van der Waals surface area contributed by atoms with Crippen molar-refractivity contribution < 1.29 is 19.1 Å². The van der Waals surface area contributed by atoms with Gasteiger partial charge in [0.2, 0.25) is 5.91 Å². The average Bonchev–Trinajstić information content (AvgIpc) is 3.44. The van der Waals surface area contributed by atoms with Crippen LogP contribution in [0.4, 0.5) is 0 Å². The number of carbonyl (C=O) groups excluding carboxylic acids is 2. The minimum absolute atomic E-state index is 0.120. The highest BCUT2D eigenvalue weighted by molar-refractivity contribution is 9.10. The molecule has 6 nitrogen and oxygen atoms in total. The van der Waals surface area contributed by atoms with E-state index in [1.807, 2.05) is 54.6 Å². The van der Waals surface area contributed by atoms with E-state index >= 15 is 0 Å². The number of carbonyl (C=O) groups is 2. The van der Waals surface area contributed by atoms with Crippen molar-refractivity contribution in [3.8, 4) is 11.5 Å². The topological polar surface area (TPSA) is 67.9 Å². The highest BCUT2D eigenvalue weighted by Gasteiger charge is 2.32. The van der Waals surface area contributed by atoms with E-state index in [1.54, 1.807) is 36.3 Å². The molecule has 1 aliphatic rings. The second-order valence-corrected chi connectivity index (χ2v) is 10.2. The minimum atomic E-state index is -0.668. The van der Waals surface area contributed by atoms with Crippen LogP contribution in [-0.2, 0) is 22.6 Å². The molecular weight excluding hydrogens is 532 g/mol. The van der Waals surface area contributed by atoms with E-state index in [0.29, 0.717) is 24.5 Å². The molecule has 1 fully saturated rings. The Morgan fingerprint density at radius 2 is 1.57 bits per heavy atom. The SMILES string of the molecule is COc1ccc(OCC(=O)N(Cc2ccc(Br)cc2)C(Cc2ccccc2)C(=O)NC2CCCC2)cc1. The van der Waals surface area contributed by atoms with Crippen molar-refractivity contribution in [2.75, 3.05) is 13.7 Å². The number of nitrogens with one attached hydrogen (secondary N) is 1. The Hall–Kier alpha value is -3.32. The second-order valence-electron chi connectivity index (χ2n) is 9.31. The van der Waals surface area contributed by atoms with Crippen LogP contribution in [0.5, 0.6) is 11.5 Å². The monoisotopic (exact) mass is 564 g/mol. The summed E-state index contributed by atoms with van der Waals surface area (Å²) in [5, 5.41) is 3.22.